The number of carbonyl (C=O) groups excluding carboxylic acids is 1. The molecule has 19 heavy (non-hydrogen) atoms. The quantitative estimate of drug-likeness (QED) is 0.854. The molecule has 0 bridgehead atoms. The van der Waals surface area contributed by atoms with Crippen LogP contribution in [-0.2, 0) is 4.74 Å². The van der Waals surface area contributed by atoms with Crippen molar-refractivity contribution in [1.82, 2.24) is 10.3 Å². The lowest BCUT2D eigenvalue weighted by molar-refractivity contribution is 0.0238. The van der Waals surface area contributed by atoms with E-state index in [1.807, 2.05) is 6.92 Å². The van der Waals surface area contributed by atoms with Crippen LogP contribution >= 0.6 is 0 Å². The molecule has 0 atom stereocenters. The van der Waals surface area contributed by atoms with Crippen molar-refractivity contribution in [2.75, 3.05) is 19.8 Å². The van der Waals surface area contributed by atoms with E-state index in [2.05, 4.69) is 10.3 Å². The Kier molecular flexibility index (Phi) is 4.09. The van der Waals surface area contributed by atoms with Gasteiger partial charge in [0.05, 0.1) is 5.56 Å². The van der Waals surface area contributed by atoms with Crippen molar-refractivity contribution in [3.05, 3.63) is 29.6 Å². The van der Waals surface area contributed by atoms with Gasteiger partial charge in [0.1, 0.15) is 0 Å². The molecule has 0 unspecified atom stereocenters. The van der Waals surface area contributed by atoms with Gasteiger partial charge in [-0.3, -0.25) is 4.79 Å². The third kappa shape index (κ3) is 3.26. The summed E-state index contributed by atoms with van der Waals surface area (Å²) >= 11 is 0. The fourth-order valence-electron chi connectivity index (χ4n) is 2.02. The number of rotatable bonds is 3. The largest absolute Gasteiger partial charge is 0.381 e. The SMILES string of the molecule is CC1(CNC(=O)c2ccnc(F)c2F)CCOCC1. The predicted molar refractivity (Wildman–Crippen MR) is 64.6 cm³/mol. The predicted octanol–water partition coefficient (Wildman–Crippen LogP) is 1.91. The molecule has 1 saturated heterocycles. The topological polar surface area (TPSA) is 51.2 Å². The highest BCUT2D eigenvalue weighted by atomic mass is 19.2. The Hall–Kier alpha value is -1.56. The van der Waals surface area contributed by atoms with Gasteiger partial charge in [0, 0.05) is 26.0 Å². The molecule has 1 aliphatic heterocycles. The average Bonchev–Trinajstić information content (AvgIpc) is 2.40. The van der Waals surface area contributed by atoms with E-state index < -0.39 is 17.7 Å². The van der Waals surface area contributed by atoms with Crippen LogP contribution in [0.1, 0.15) is 30.1 Å². The Bertz CT molecular complexity index is 474. The van der Waals surface area contributed by atoms with Gasteiger partial charge in [-0.05, 0) is 24.3 Å². The third-order valence-corrected chi connectivity index (χ3v) is 3.47. The van der Waals surface area contributed by atoms with Crippen molar-refractivity contribution in [1.29, 1.82) is 0 Å². The summed E-state index contributed by atoms with van der Waals surface area (Å²) in [4.78, 5) is 15.0. The standard InChI is InChI=1S/C13H16F2N2O2/c1-13(3-6-19-7-4-13)8-17-12(18)9-2-5-16-11(15)10(9)14/h2,5H,3-4,6-8H2,1H3,(H,17,18). The zero-order valence-corrected chi connectivity index (χ0v) is 10.7. The van der Waals surface area contributed by atoms with Crippen LogP contribution in [0.3, 0.4) is 0 Å². The number of nitrogens with zero attached hydrogens (tertiary/aromatic N) is 1. The molecule has 2 rings (SSSR count). The summed E-state index contributed by atoms with van der Waals surface area (Å²) in [7, 11) is 0. The average molecular weight is 270 g/mol. The van der Waals surface area contributed by atoms with Crippen LogP contribution in [0.15, 0.2) is 12.3 Å². The van der Waals surface area contributed by atoms with E-state index in [0.29, 0.717) is 19.8 Å². The monoisotopic (exact) mass is 270 g/mol. The molecule has 1 aromatic rings. The fourth-order valence-corrected chi connectivity index (χ4v) is 2.02. The Morgan fingerprint density at radius 1 is 1.47 bits per heavy atom. The lowest BCUT2D eigenvalue weighted by atomic mass is 9.82. The van der Waals surface area contributed by atoms with E-state index in [-0.39, 0.29) is 11.0 Å². The molecule has 1 fully saturated rings. The van der Waals surface area contributed by atoms with Gasteiger partial charge in [0.15, 0.2) is 5.82 Å². The molecule has 4 nitrogen and oxygen atoms in total. The lowest BCUT2D eigenvalue weighted by Gasteiger charge is -2.33. The lowest BCUT2D eigenvalue weighted by Crippen LogP contribution is -2.39. The Morgan fingerprint density at radius 2 is 2.16 bits per heavy atom. The number of hydrogen-bond donors (Lipinski definition) is 1. The molecular formula is C13H16F2N2O2. The summed E-state index contributed by atoms with van der Waals surface area (Å²) in [6.45, 7) is 3.77. The maximum atomic E-state index is 13.4. The first-order valence-electron chi connectivity index (χ1n) is 6.18. The summed E-state index contributed by atoms with van der Waals surface area (Å²) in [5.74, 6) is -3.09. The number of aromatic nitrogens is 1. The van der Waals surface area contributed by atoms with Crippen molar-refractivity contribution < 1.29 is 18.3 Å². The highest BCUT2D eigenvalue weighted by Gasteiger charge is 2.28. The van der Waals surface area contributed by atoms with Crippen LogP contribution < -0.4 is 5.32 Å². The zero-order chi connectivity index (χ0) is 13.9. The first-order valence-corrected chi connectivity index (χ1v) is 6.18. The van der Waals surface area contributed by atoms with Crippen molar-refractivity contribution in [2.45, 2.75) is 19.8 Å². The second-order valence-electron chi connectivity index (χ2n) is 5.07. The van der Waals surface area contributed by atoms with Crippen LogP contribution in [0.4, 0.5) is 8.78 Å². The van der Waals surface area contributed by atoms with Crippen molar-refractivity contribution >= 4 is 5.91 Å². The van der Waals surface area contributed by atoms with E-state index >= 15 is 0 Å². The first kappa shape index (κ1) is 13.9. The van der Waals surface area contributed by atoms with E-state index in [0.717, 1.165) is 19.0 Å². The van der Waals surface area contributed by atoms with Gasteiger partial charge in [0.2, 0.25) is 5.95 Å². The molecule has 0 saturated carbocycles. The summed E-state index contributed by atoms with van der Waals surface area (Å²) in [5.41, 5.74) is -0.376. The van der Waals surface area contributed by atoms with Gasteiger partial charge < -0.3 is 10.1 Å². The maximum Gasteiger partial charge on any atom is 0.254 e. The minimum atomic E-state index is -1.26. The van der Waals surface area contributed by atoms with Gasteiger partial charge in [-0.2, -0.15) is 4.39 Å². The van der Waals surface area contributed by atoms with Crippen LogP contribution in [0.25, 0.3) is 0 Å². The smallest absolute Gasteiger partial charge is 0.254 e. The molecule has 104 valence electrons. The molecule has 0 radical (unpaired) electrons. The Labute approximate surface area is 110 Å². The van der Waals surface area contributed by atoms with Crippen LogP contribution in [0, 0.1) is 17.2 Å². The minimum absolute atomic E-state index is 0.0596. The molecule has 1 aliphatic rings. The second-order valence-corrected chi connectivity index (χ2v) is 5.07. The number of carbonyl (C=O) groups is 1. The number of hydrogen-bond acceptors (Lipinski definition) is 3. The van der Waals surface area contributed by atoms with E-state index in [9.17, 15) is 13.6 Å². The zero-order valence-electron chi connectivity index (χ0n) is 10.7. The fraction of sp³-hybridized carbons (Fsp3) is 0.538. The van der Waals surface area contributed by atoms with Crippen LogP contribution in [0.2, 0.25) is 0 Å². The van der Waals surface area contributed by atoms with Crippen molar-refractivity contribution in [3.63, 3.8) is 0 Å². The van der Waals surface area contributed by atoms with E-state index in [1.165, 1.54) is 6.07 Å². The highest BCUT2D eigenvalue weighted by molar-refractivity contribution is 5.94. The Morgan fingerprint density at radius 3 is 2.84 bits per heavy atom. The van der Waals surface area contributed by atoms with E-state index in [1.54, 1.807) is 0 Å². The number of halogens is 2. The summed E-state index contributed by atoms with van der Waals surface area (Å²) in [5, 5.41) is 2.65. The number of amides is 1. The summed E-state index contributed by atoms with van der Waals surface area (Å²) < 4.78 is 31.6. The Balaban J connectivity index is 1.99. The molecule has 1 amide bonds. The van der Waals surface area contributed by atoms with Gasteiger partial charge in [-0.25, -0.2) is 9.37 Å². The van der Waals surface area contributed by atoms with Crippen molar-refractivity contribution in [2.24, 2.45) is 5.41 Å². The van der Waals surface area contributed by atoms with Gasteiger partial charge in [-0.1, -0.05) is 6.92 Å². The third-order valence-electron chi connectivity index (χ3n) is 3.47. The number of pyridine rings is 1. The molecule has 0 spiro atoms. The summed E-state index contributed by atoms with van der Waals surface area (Å²) in [6.07, 6.45) is 2.74. The maximum absolute atomic E-state index is 13.4. The molecule has 0 aliphatic carbocycles. The van der Waals surface area contributed by atoms with Gasteiger partial charge in [-0.15, -0.1) is 0 Å². The van der Waals surface area contributed by atoms with Gasteiger partial charge >= 0.3 is 0 Å². The second kappa shape index (κ2) is 5.61. The number of nitrogens with one attached hydrogen (secondary N) is 1. The molecular weight excluding hydrogens is 254 g/mol. The van der Waals surface area contributed by atoms with Crippen LogP contribution in [-0.4, -0.2) is 30.6 Å². The molecule has 1 N–H and O–H groups in total. The molecule has 6 heteroatoms. The number of ether oxygens (including phenoxy) is 1. The van der Waals surface area contributed by atoms with Crippen molar-refractivity contribution in [3.8, 4) is 0 Å². The molecule has 0 aromatic carbocycles. The first-order chi connectivity index (χ1) is 9.02. The minimum Gasteiger partial charge on any atom is -0.381 e. The highest BCUT2D eigenvalue weighted by Crippen LogP contribution is 2.28. The van der Waals surface area contributed by atoms with Crippen LogP contribution in [0.5, 0.6) is 0 Å². The molecule has 2 heterocycles. The molecule has 1 aromatic heterocycles. The van der Waals surface area contributed by atoms with Gasteiger partial charge in [0.25, 0.3) is 5.91 Å². The summed E-state index contributed by atoms with van der Waals surface area (Å²) in [6, 6.07) is 1.17. The normalized spacial score (nSPS) is 18.1. The van der Waals surface area contributed by atoms with E-state index in [4.69, 9.17) is 4.74 Å².